The average molecular weight is 274 g/mol. The Morgan fingerprint density at radius 3 is 2.84 bits per heavy atom. The molecule has 0 saturated heterocycles. The number of thioether (sulfide) groups is 1. The normalized spacial score (nSPS) is 10.2. The monoisotopic (exact) mass is 274 g/mol. The fraction of sp³-hybridized carbons (Fsp3) is 0.214. The molecule has 1 aromatic carbocycles. The number of ether oxygens (including phenoxy) is 1. The molecule has 5 heteroatoms. The Bertz CT molecular complexity index is 587. The molecule has 0 radical (unpaired) electrons. The van der Waals surface area contributed by atoms with Gasteiger partial charge in [0.15, 0.2) is 5.69 Å². The van der Waals surface area contributed by atoms with Crippen LogP contribution in [-0.4, -0.2) is 23.0 Å². The minimum absolute atomic E-state index is 0.234. The number of rotatable bonds is 4. The molecule has 0 spiro atoms. The van der Waals surface area contributed by atoms with Crippen LogP contribution in [0.1, 0.15) is 21.6 Å². The van der Waals surface area contributed by atoms with Gasteiger partial charge in [0.1, 0.15) is 5.03 Å². The number of methoxy groups -OCH3 is 1. The summed E-state index contributed by atoms with van der Waals surface area (Å²) in [6.45, 7) is 2.08. The van der Waals surface area contributed by atoms with Crippen molar-refractivity contribution in [2.75, 3.05) is 7.11 Å². The van der Waals surface area contributed by atoms with Crippen molar-refractivity contribution in [2.24, 2.45) is 0 Å². The van der Waals surface area contributed by atoms with E-state index in [1.54, 1.807) is 18.0 Å². The van der Waals surface area contributed by atoms with Crippen molar-refractivity contribution in [3.63, 3.8) is 0 Å². The largest absolute Gasteiger partial charge is 0.464 e. The van der Waals surface area contributed by atoms with E-state index in [-0.39, 0.29) is 5.69 Å². The number of carbonyl (C=O) groups is 1. The van der Waals surface area contributed by atoms with Gasteiger partial charge in [0, 0.05) is 5.75 Å². The summed E-state index contributed by atoms with van der Waals surface area (Å²) in [6, 6.07) is 8.19. The maximum absolute atomic E-state index is 11.4. The second-order valence-corrected chi connectivity index (χ2v) is 4.94. The van der Waals surface area contributed by atoms with Crippen molar-refractivity contribution >= 4 is 17.7 Å². The highest BCUT2D eigenvalue weighted by atomic mass is 32.2. The van der Waals surface area contributed by atoms with Gasteiger partial charge in [0.2, 0.25) is 0 Å². The molecule has 0 saturated carbocycles. The lowest BCUT2D eigenvalue weighted by Gasteiger charge is -2.05. The van der Waals surface area contributed by atoms with Gasteiger partial charge in [-0.25, -0.2) is 9.78 Å². The van der Waals surface area contributed by atoms with Gasteiger partial charge in [0.25, 0.3) is 0 Å². The molecule has 2 aromatic rings. The second kappa shape index (κ2) is 6.33. The summed E-state index contributed by atoms with van der Waals surface area (Å²) in [7, 11) is 1.33. The average Bonchev–Trinajstić information content (AvgIpc) is 2.46. The van der Waals surface area contributed by atoms with Crippen LogP contribution in [0.25, 0.3) is 0 Å². The summed E-state index contributed by atoms with van der Waals surface area (Å²) >= 11 is 1.55. The number of esters is 1. The molecule has 0 aliphatic rings. The van der Waals surface area contributed by atoms with Crippen LogP contribution in [-0.2, 0) is 10.5 Å². The summed E-state index contributed by atoms with van der Waals surface area (Å²) < 4.78 is 4.62. The number of benzene rings is 1. The first kappa shape index (κ1) is 13.5. The van der Waals surface area contributed by atoms with E-state index in [2.05, 4.69) is 33.8 Å². The Kier molecular flexibility index (Phi) is 4.52. The number of hydrogen-bond donors (Lipinski definition) is 0. The van der Waals surface area contributed by atoms with Gasteiger partial charge in [0.05, 0.1) is 19.5 Å². The zero-order valence-electron chi connectivity index (χ0n) is 10.8. The molecule has 19 heavy (non-hydrogen) atoms. The van der Waals surface area contributed by atoms with E-state index in [0.29, 0.717) is 5.03 Å². The molecule has 1 aromatic heterocycles. The Morgan fingerprint density at radius 1 is 1.32 bits per heavy atom. The van der Waals surface area contributed by atoms with Crippen molar-refractivity contribution < 1.29 is 9.53 Å². The fourth-order valence-corrected chi connectivity index (χ4v) is 2.47. The fourth-order valence-electron chi connectivity index (χ4n) is 1.54. The van der Waals surface area contributed by atoms with E-state index in [1.807, 2.05) is 12.1 Å². The molecular weight excluding hydrogens is 260 g/mol. The molecule has 0 unspecified atom stereocenters. The zero-order valence-corrected chi connectivity index (χ0v) is 11.6. The third kappa shape index (κ3) is 3.54. The number of nitrogens with zero attached hydrogens (tertiary/aromatic N) is 2. The number of carbonyl (C=O) groups excluding carboxylic acids is 1. The second-order valence-electron chi connectivity index (χ2n) is 3.95. The quantitative estimate of drug-likeness (QED) is 0.634. The Balaban J connectivity index is 2.08. The van der Waals surface area contributed by atoms with Crippen LogP contribution < -0.4 is 0 Å². The molecular formula is C14H14N2O2S. The van der Waals surface area contributed by atoms with Gasteiger partial charge in [-0.15, -0.1) is 11.8 Å². The predicted molar refractivity (Wildman–Crippen MR) is 74.1 cm³/mol. The SMILES string of the molecule is COC(=O)c1cncc(SCc2ccccc2C)n1. The molecule has 98 valence electrons. The summed E-state index contributed by atoms with van der Waals surface area (Å²) in [4.78, 5) is 19.6. The third-order valence-electron chi connectivity index (χ3n) is 2.64. The Labute approximate surface area is 116 Å². The van der Waals surface area contributed by atoms with Crippen LogP contribution in [0.15, 0.2) is 41.7 Å². The van der Waals surface area contributed by atoms with Crippen LogP contribution in [0, 0.1) is 6.92 Å². The minimum atomic E-state index is -0.467. The lowest BCUT2D eigenvalue weighted by atomic mass is 10.1. The topological polar surface area (TPSA) is 52.1 Å². The summed E-state index contributed by atoms with van der Waals surface area (Å²) in [6.07, 6.45) is 3.05. The van der Waals surface area contributed by atoms with Crippen LogP contribution in [0.3, 0.4) is 0 Å². The van der Waals surface area contributed by atoms with E-state index < -0.39 is 5.97 Å². The van der Waals surface area contributed by atoms with Crippen LogP contribution in [0.2, 0.25) is 0 Å². The molecule has 0 amide bonds. The predicted octanol–water partition coefficient (Wildman–Crippen LogP) is 2.86. The van der Waals surface area contributed by atoms with E-state index in [9.17, 15) is 4.79 Å². The molecule has 2 rings (SSSR count). The van der Waals surface area contributed by atoms with Crippen LogP contribution in [0.4, 0.5) is 0 Å². The molecule has 0 atom stereocenters. The summed E-state index contributed by atoms with van der Waals surface area (Å²) in [5.74, 6) is 0.331. The standard InChI is InChI=1S/C14H14N2O2S/c1-10-5-3-4-6-11(10)9-19-13-8-15-7-12(16-13)14(17)18-2/h3-8H,9H2,1-2H3. The van der Waals surface area contributed by atoms with Crippen molar-refractivity contribution in [3.8, 4) is 0 Å². The van der Waals surface area contributed by atoms with Crippen LogP contribution >= 0.6 is 11.8 Å². The van der Waals surface area contributed by atoms with Gasteiger partial charge in [-0.1, -0.05) is 24.3 Å². The number of hydrogen-bond acceptors (Lipinski definition) is 5. The first-order valence-corrected chi connectivity index (χ1v) is 6.77. The number of aryl methyl sites for hydroxylation is 1. The van der Waals surface area contributed by atoms with E-state index >= 15 is 0 Å². The maximum atomic E-state index is 11.4. The molecule has 0 N–H and O–H groups in total. The van der Waals surface area contributed by atoms with E-state index in [0.717, 1.165) is 5.75 Å². The van der Waals surface area contributed by atoms with Crippen molar-refractivity contribution in [1.82, 2.24) is 9.97 Å². The molecule has 1 heterocycles. The third-order valence-corrected chi connectivity index (χ3v) is 3.59. The zero-order chi connectivity index (χ0) is 13.7. The van der Waals surface area contributed by atoms with Crippen molar-refractivity contribution in [2.45, 2.75) is 17.7 Å². The molecule has 0 bridgehead atoms. The molecule has 0 fully saturated rings. The maximum Gasteiger partial charge on any atom is 0.358 e. The van der Waals surface area contributed by atoms with Gasteiger partial charge in [-0.2, -0.15) is 0 Å². The van der Waals surface area contributed by atoms with E-state index in [1.165, 1.54) is 24.4 Å². The van der Waals surface area contributed by atoms with Gasteiger partial charge in [-0.3, -0.25) is 4.98 Å². The van der Waals surface area contributed by atoms with Gasteiger partial charge in [-0.05, 0) is 18.1 Å². The highest BCUT2D eigenvalue weighted by molar-refractivity contribution is 7.98. The molecule has 0 aliphatic heterocycles. The lowest BCUT2D eigenvalue weighted by molar-refractivity contribution is 0.0592. The smallest absolute Gasteiger partial charge is 0.358 e. The number of aromatic nitrogens is 2. The molecule has 4 nitrogen and oxygen atoms in total. The van der Waals surface area contributed by atoms with Crippen molar-refractivity contribution in [1.29, 1.82) is 0 Å². The van der Waals surface area contributed by atoms with E-state index in [4.69, 9.17) is 0 Å². The van der Waals surface area contributed by atoms with Crippen molar-refractivity contribution in [3.05, 3.63) is 53.5 Å². The molecule has 0 aliphatic carbocycles. The minimum Gasteiger partial charge on any atom is -0.464 e. The lowest BCUT2D eigenvalue weighted by Crippen LogP contribution is -2.05. The summed E-state index contributed by atoms with van der Waals surface area (Å²) in [5.41, 5.74) is 2.72. The van der Waals surface area contributed by atoms with Gasteiger partial charge >= 0.3 is 5.97 Å². The summed E-state index contributed by atoms with van der Waals surface area (Å²) in [5, 5.41) is 0.714. The Hall–Kier alpha value is -1.88. The first-order chi connectivity index (χ1) is 9.20. The highest BCUT2D eigenvalue weighted by Crippen LogP contribution is 2.22. The van der Waals surface area contributed by atoms with Crippen LogP contribution in [0.5, 0.6) is 0 Å². The first-order valence-electron chi connectivity index (χ1n) is 5.78. The highest BCUT2D eigenvalue weighted by Gasteiger charge is 2.09. The van der Waals surface area contributed by atoms with Gasteiger partial charge < -0.3 is 4.74 Å². The Morgan fingerprint density at radius 2 is 2.11 bits per heavy atom.